The van der Waals surface area contributed by atoms with Crippen molar-refractivity contribution in [1.82, 2.24) is 9.88 Å². The van der Waals surface area contributed by atoms with Crippen molar-refractivity contribution in [2.24, 2.45) is 0 Å². The maximum atomic E-state index is 12.1. The van der Waals surface area contributed by atoms with Crippen LogP contribution >= 0.6 is 11.8 Å². The lowest BCUT2D eigenvalue weighted by Crippen LogP contribution is -2.22. The molecule has 2 aromatic rings. The number of likely N-dealkylation sites (N-methyl/N-ethyl adjacent to an activating group) is 1. The van der Waals surface area contributed by atoms with E-state index in [0.717, 1.165) is 19.5 Å². The minimum atomic E-state index is -0.228. The minimum absolute atomic E-state index is 0.228. The highest BCUT2D eigenvalue weighted by Crippen LogP contribution is 2.24. The standard InChI is InChI=1S/C15H21FN2S/c1-18(8-3-7-16)9-6-12-11-17-15-5-4-13(19-2)10-14(12)15/h4-5,10-11,17H,3,6-9H2,1-2H3. The van der Waals surface area contributed by atoms with Gasteiger partial charge in [-0.25, -0.2) is 0 Å². The molecule has 0 saturated carbocycles. The highest BCUT2D eigenvalue weighted by molar-refractivity contribution is 7.98. The first-order valence-corrected chi connectivity index (χ1v) is 7.85. The van der Waals surface area contributed by atoms with Crippen LogP contribution in [0.4, 0.5) is 4.39 Å². The molecule has 1 aromatic heterocycles. The predicted molar refractivity (Wildman–Crippen MR) is 81.9 cm³/mol. The molecule has 0 aliphatic carbocycles. The Morgan fingerprint density at radius 2 is 2.16 bits per heavy atom. The number of benzene rings is 1. The first kappa shape index (κ1) is 14.4. The fraction of sp³-hybridized carbons (Fsp3) is 0.467. The molecule has 104 valence electrons. The topological polar surface area (TPSA) is 19.0 Å². The average Bonchev–Trinajstić information content (AvgIpc) is 2.84. The zero-order chi connectivity index (χ0) is 13.7. The Bertz CT molecular complexity index is 524. The van der Waals surface area contributed by atoms with E-state index < -0.39 is 0 Å². The first-order chi connectivity index (χ1) is 9.24. The lowest BCUT2D eigenvalue weighted by molar-refractivity contribution is 0.313. The van der Waals surface area contributed by atoms with Crippen LogP contribution in [0.1, 0.15) is 12.0 Å². The van der Waals surface area contributed by atoms with Crippen LogP contribution in [-0.4, -0.2) is 43.0 Å². The van der Waals surface area contributed by atoms with Gasteiger partial charge in [0.25, 0.3) is 0 Å². The summed E-state index contributed by atoms with van der Waals surface area (Å²) in [5.74, 6) is 0. The molecule has 0 bridgehead atoms. The van der Waals surface area contributed by atoms with Crippen LogP contribution in [-0.2, 0) is 6.42 Å². The van der Waals surface area contributed by atoms with Crippen molar-refractivity contribution in [2.45, 2.75) is 17.7 Å². The molecule has 2 nitrogen and oxygen atoms in total. The van der Waals surface area contributed by atoms with E-state index in [9.17, 15) is 4.39 Å². The van der Waals surface area contributed by atoms with Gasteiger partial charge in [0.05, 0.1) is 6.67 Å². The Morgan fingerprint density at radius 3 is 2.89 bits per heavy atom. The monoisotopic (exact) mass is 280 g/mol. The number of hydrogen-bond donors (Lipinski definition) is 1. The lowest BCUT2D eigenvalue weighted by atomic mass is 10.1. The maximum Gasteiger partial charge on any atom is 0.0906 e. The summed E-state index contributed by atoms with van der Waals surface area (Å²) in [5, 5.41) is 1.31. The van der Waals surface area contributed by atoms with E-state index in [0.29, 0.717) is 6.42 Å². The summed E-state index contributed by atoms with van der Waals surface area (Å²) in [6, 6.07) is 6.52. The fourth-order valence-corrected chi connectivity index (χ4v) is 2.68. The van der Waals surface area contributed by atoms with Gasteiger partial charge in [0.15, 0.2) is 0 Å². The molecule has 0 unspecified atom stereocenters. The summed E-state index contributed by atoms with van der Waals surface area (Å²) in [7, 11) is 2.05. The molecule has 0 fully saturated rings. The normalized spacial score (nSPS) is 11.6. The first-order valence-electron chi connectivity index (χ1n) is 6.63. The second kappa shape index (κ2) is 6.96. The third-order valence-corrected chi connectivity index (χ3v) is 4.14. The van der Waals surface area contributed by atoms with Gasteiger partial charge in [-0.3, -0.25) is 4.39 Å². The summed E-state index contributed by atoms with van der Waals surface area (Å²) >= 11 is 1.77. The molecule has 1 aromatic carbocycles. The molecule has 0 aliphatic heterocycles. The van der Waals surface area contributed by atoms with Gasteiger partial charge in [-0.2, -0.15) is 0 Å². The van der Waals surface area contributed by atoms with Crippen LogP contribution in [0.2, 0.25) is 0 Å². The van der Waals surface area contributed by atoms with E-state index in [1.165, 1.54) is 21.4 Å². The molecule has 2 rings (SSSR count). The summed E-state index contributed by atoms with van der Waals surface area (Å²) in [5.41, 5.74) is 2.54. The molecule has 0 radical (unpaired) electrons. The van der Waals surface area contributed by atoms with Gasteiger partial charge in [0.2, 0.25) is 0 Å². The molecular weight excluding hydrogens is 259 g/mol. The highest BCUT2D eigenvalue weighted by Gasteiger charge is 2.06. The van der Waals surface area contributed by atoms with Gasteiger partial charge < -0.3 is 9.88 Å². The number of aromatic amines is 1. The van der Waals surface area contributed by atoms with Crippen LogP contribution in [0.5, 0.6) is 0 Å². The molecular formula is C15H21FN2S. The van der Waals surface area contributed by atoms with Crippen molar-refractivity contribution >= 4 is 22.7 Å². The van der Waals surface area contributed by atoms with Gasteiger partial charge in [0.1, 0.15) is 0 Å². The van der Waals surface area contributed by atoms with Crippen molar-refractivity contribution < 1.29 is 4.39 Å². The third-order valence-electron chi connectivity index (χ3n) is 3.41. The molecule has 1 N–H and O–H groups in total. The second-order valence-corrected chi connectivity index (χ2v) is 5.70. The number of alkyl halides is 1. The smallest absolute Gasteiger partial charge is 0.0906 e. The van der Waals surface area contributed by atoms with Crippen LogP contribution < -0.4 is 0 Å². The van der Waals surface area contributed by atoms with Gasteiger partial charge in [-0.15, -0.1) is 11.8 Å². The van der Waals surface area contributed by atoms with E-state index in [4.69, 9.17) is 0 Å². The lowest BCUT2D eigenvalue weighted by Gasteiger charge is -2.15. The number of thioether (sulfide) groups is 1. The summed E-state index contributed by atoms with van der Waals surface area (Å²) in [4.78, 5) is 6.80. The SMILES string of the molecule is CSc1ccc2[nH]cc(CCN(C)CCCF)c2c1. The quantitative estimate of drug-likeness (QED) is 0.779. The van der Waals surface area contributed by atoms with Crippen LogP contribution in [0.15, 0.2) is 29.3 Å². The molecule has 0 aliphatic rings. The Morgan fingerprint density at radius 1 is 1.32 bits per heavy atom. The Hall–Kier alpha value is -1.00. The largest absolute Gasteiger partial charge is 0.361 e. The van der Waals surface area contributed by atoms with E-state index in [1.54, 1.807) is 11.8 Å². The number of fused-ring (bicyclic) bond motifs is 1. The second-order valence-electron chi connectivity index (χ2n) is 4.82. The third kappa shape index (κ3) is 3.74. The van der Waals surface area contributed by atoms with Crippen LogP contribution in [0.3, 0.4) is 0 Å². The molecule has 0 spiro atoms. The van der Waals surface area contributed by atoms with E-state index in [1.807, 2.05) is 0 Å². The minimum Gasteiger partial charge on any atom is -0.361 e. The molecule has 0 saturated heterocycles. The molecule has 0 amide bonds. The summed E-state index contributed by atoms with van der Waals surface area (Å²) < 4.78 is 12.1. The molecule has 19 heavy (non-hydrogen) atoms. The highest BCUT2D eigenvalue weighted by atomic mass is 32.2. The number of aromatic nitrogens is 1. The van der Waals surface area contributed by atoms with E-state index in [-0.39, 0.29) is 6.67 Å². The van der Waals surface area contributed by atoms with Crippen molar-refractivity contribution in [1.29, 1.82) is 0 Å². The Kier molecular flexibility index (Phi) is 5.28. The van der Waals surface area contributed by atoms with Gasteiger partial charge in [-0.1, -0.05) is 0 Å². The summed E-state index contributed by atoms with van der Waals surface area (Å²) in [6.07, 6.45) is 5.82. The van der Waals surface area contributed by atoms with Crippen molar-refractivity contribution in [3.63, 3.8) is 0 Å². The van der Waals surface area contributed by atoms with E-state index >= 15 is 0 Å². The fourth-order valence-electron chi connectivity index (χ4n) is 2.24. The van der Waals surface area contributed by atoms with Gasteiger partial charge >= 0.3 is 0 Å². The van der Waals surface area contributed by atoms with Crippen molar-refractivity contribution in [2.75, 3.05) is 33.1 Å². The van der Waals surface area contributed by atoms with Crippen molar-refractivity contribution in [3.8, 4) is 0 Å². The van der Waals surface area contributed by atoms with Crippen molar-refractivity contribution in [3.05, 3.63) is 30.0 Å². The van der Waals surface area contributed by atoms with Crippen LogP contribution in [0.25, 0.3) is 10.9 Å². The Labute approximate surface area is 118 Å². The van der Waals surface area contributed by atoms with Gasteiger partial charge in [0, 0.05) is 35.1 Å². The number of nitrogens with one attached hydrogen (secondary N) is 1. The predicted octanol–water partition coefficient (Wildman–Crippen LogP) is 3.72. The zero-order valence-corrected chi connectivity index (χ0v) is 12.4. The Balaban J connectivity index is 2.04. The molecule has 1 heterocycles. The zero-order valence-electron chi connectivity index (χ0n) is 11.6. The molecule has 4 heteroatoms. The number of rotatable bonds is 7. The summed E-state index contributed by atoms with van der Waals surface area (Å²) in [6.45, 7) is 1.57. The van der Waals surface area contributed by atoms with Gasteiger partial charge in [-0.05, 0) is 49.9 Å². The maximum absolute atomic E-state index is 12.1. The number of H-pyrrole nitrogens is 1. The molecule has 0 atom stereocenters. The van der Waals surface area contributed by atoms with E-state index in [2.05, 4.69) is 47.6 Å². The number of halogens is 1. The average molecular weight is 280 g/mol. The number of hydrogen-bond acceptors (Lipinski definition) is 2. The number of nitrogens with zero attached hydrogens (tertiary/aromatic N) is 1. The van der Waals surface area contributed by atoms with Crippen LogP contribution in [0, 0.1) is 0 Å².